The maximum Gasteiger partial charge on any atom is 0.317 e. The number of nitrogens with zero attached hydrogens (tertiary/aromatic N) is 3. The third kappa shape index (κ3) is 4.13. The highest BCUT2D eigenvalue weighted by molar-refractivity contribution is 5.74. The minimum absolute atomic E-state index is 0.0217. The van der Waals surface area contributed by atoms with Gasteiger partial charge in [0.2, 0.25) is 0 Å². The summed E-state index contributed by atoms with van der Waals surface area (Å²) in [5.74, 6) is 1.02. The number of anilines is 1. The van der Waals surface area contributed by atoms with Crippen LogP contribution < -0.4 is 10.2 Å². The van der Waals surface area contributed by atoms with E-state index in [9.17, 15) is 4.79 Å². The molecule has 6 heteroatoms. The van der Waals surface area contributed by atoms with Crippen LogP contribution in [0.25, 0.3) is 0 Å². The highest BCUT2D eigenvalue weighted by Crippen LogP contribution is 2.18. The van der Waals surface area contributed by atoms with Gasteiger partial charge < -0.3 is 19.9 Å². The van der Waals surface area contributed by atoms with E-state index in [1.807, 2.05) is 31.0 Å². The van der Waals surface area contributed by atoms with Gasteiger partial charge in [0.05, 0.1) is 12.2 Å². The van der Waals surface area contributed by atoms with Crippen LogP contribution in [0.5, 0.6) is 0 Å². The average Bonchev–Trinajstić information content (AvgIpc) is 3.06. The Morgan fingerprint density at radius 1 is 1.30 bits per heavy atom. The molecular formula is C17H26N4O2. The first kappa shape index (κ1) is 16.1. The molecule has 2 amide bonds. The molecule has 126 valence electrons. The quantitative estimate of drug-likeness (QED) is 0.926. The van der Waals surface area contributed by atoms with Crippen molar-refractivity contribution in [1.29, 1.82) is 0 Å². The van der Waals surface area contributed by atoms with Crippen LogP contribution in [0, 0.1) is 0 Å². The standard InChI is InChI=1S/C17H26N4O2/c1-13-11-21(12-14(2)23-13)17(22)19-10-15-5-6-18-16(9-15)20-7-3-4-8-20/h5-6,9,13-14H,3-4,7-8,10-12H2,1-2H3,(H,19,22)/t13-,14-/m0/s1. The smallest absolute Gasteiger partial charge is 0.317 e. The fourth-order valence-corrected chi connectivity index (χ4v) is 3.32. The van der Waals surface area contributed by atoms with E-state index in [2.05, 4.69) is 21.3 Å². The van der Waals surface area contributed by atoms with Crippen LogP contribution >= 0.6 is 0 Å². The Labute approximate surface area is 137 Å². The number of pyridine rings is 1. The molecule has 2 fully saturated rings. The Kier molecular flexibility index (Phi) is 5.00. The van der Waals surface area contributed by atoms with Gasteiger partial charge in [-0.25, -0.2) is 9.78 Å². The van der Waals surface area contributed by atoms with Crippen LogP contribution in [0.4, 0.5) is 10.6 Å². The number of hydrogen-bond acceptors (Lipinski definition) is 4. The second kappa shape index (κ2) is 7.17. The highest BCUT2D eigenvalue weighted by atomic mass is 16.5. The predicted molar refractivity (Wildman–Crippen MR) is 89.5 cm³/mol. The van der Waals surface area contributed by atoms with E-state index < -0.39 is 0 Å². The van der Waals surface area contributed by atoms with Crippen LogP contribution in [-0.2, 0) is 11.3 Å². The summed E-state index contributed by atoms with van der Waals surface area (Å²) in [7, 11) is 0. The lowest BCUT2D eigenvalue weighted by molar-refractivity contribution is -0.0545. The van der Waals surface area contributed by atoms with Crippen LogP contribution in [0.15, 0.2) is 18.3 Å². The largest absolute Gasteiger partial charge is 0.372 e. The van der Waals surface area contributed by atoms with Gasteiger partial charge in [0.1, 0.15) is 5.82 Å². The summed E-state index contributed by atoms with van der Waals surface area (Å²) in [5.41, 5.74) is 1.09. The lowest BCUT2D eigenvalue weighted by Gasteiger charge is -2.35. The lowest BCUT2D eigenvalue weighted by atomic mass is 10.2. The van der Waals surface area contributed by atoms with Gasteiger partial charge in [0, 0.05) is 38.9 Å². The van der Waals surface area contributed by atoms with Crippen molar-refractivity contribution in [2.24, 2.45) is 0 Å². The third-order valence-corrected chi connectivity index (χ3v) is 4.39. The number of carbonyl (C=O) groups excluding carboxylic acids is 1. The minimum atomic E-state index is -0.0217. The molecule has 2 saturated heterocycles. The van der Waals surface area contributed by atoms with E-state index in [-0.39, 0.29) is 18.2 Å². The molecule has 2 atom stereocenters. The maximum atomic E-state index is 12.3. The van der Waals surface area contributed by atoms with Crippen LogP contribution in [0.1, 0.15) is 32.3 Å². The van der Waals surface area contributed by atoms with Gasteiger partial charge in [-0.3, -0.25) is 0 Å². The van der Waals surface area contributed by atoms with Gasteiger partial charge in [0.15, 0.2) is 0 Å². The molecular weight excluding hydrogens is 292 g/mol. The van der Waals surface area contributed by atoms with Crippen molar-refractivity contribution >= 4 is 11.8 Å². The minimum Gasteiger partial charge on any atom is -0.372 e. The van der Waals surface area contributed by atoms with Gasteiger partial charge in [-0.1, -0.05) is 0 Å². The van der Waals surface area contributed by atoms with Crippen molar-refractivity contribution < 1.29 is 9.53 Å². The van der Waals surface area contributed by atoms with Crippen molar-refractivity contribution in [2.75, 3.05) is 31.1 Å². The Morgan fingerprint density at radius 3 is 2.70 bits per heavy atom. The number of urea groups is 1. The van der Waals surface area contributed by atoms with Gasteiger partial charge >= 0.3 is 6.03 Å². The van der Waals surface area contributed by atoms with E-state index in [0.717, 1.165) is 24.5 Å². The molecule has 1 aromatic heterocycles. The number of ether oxygens (including phenoxy) is 1. The molecule has 0 bridgehead atoms. The highest BCUT2D eigenvalue weighted by Gasteiger charge is 2.25. The fraction of sp³-hybridized carbons (Fsp3) is 0.647. The van der Waals surface area contributed by atoms with Crippen LogP contribution in [0.3, 0.4) is 0 Å². The van der Waals surface area contributed by atoms with Gasteiger partial charge in [-0.05, 0) is 44.4 Å². The first-order valence-electron chi connectivity index (χ1n) is 8.50. The Bertz CT molecular complexity index is 535. The molecule has 23 heavy (non-hydrogen) atoms. The van der Waals surface area contributed by atoms with Gasteiger partial charge in [-0.15, -0.1) is 0 Å². The third-order valence-electron chi connectivity index (χ3n) is 4.39. The summed E-state index contributed by atoms with van der Waals surface area (Å²) in [6.07, 6.45) is 4.47. The number of aromatic nitrogens is 1. The normalized spacial score (nSPS) is 24.8. The van der Waals surface area contributed by atoms with Crippen molar-refractivity contribution in [2.45, 2.75) is 45.4 Å². The van der Waals surface area contributed by atoms with Crippen molar-refractivity contribution in [3.63, 3.8) is 0 Å². The molecule has 6 nitrogen and oxygen atoms in total. The van der Waals surface area contributed by atoms with Crippen LogP contribution in [0.2, 0.25) is 0 Å². The zero-order valence-electron chi connectivity index (χ0n) is 14.0. The van der Waals surface area contributed by atoms with E-state index in [4.69, 9.17) is 4.74 Å². The van der Waals surface area contributed by atoms with E-state index in [0.29, 0.717) is 19.6 Å². The molecule has 2 aliphatic rings. The Hall–Kier alpha value is -1.82. The van der Waals surface area contributed by atoms with E-state index in [1.54, 1.807) is 0 Å². The number of hydrogen-bond donors (Lipinski definition) is 1. The summed E-state index contributed by atoms with van der Waals surface area (Å²) < 4.78 is 5.67. The Morgan fingerprint density at radius 2 is 2.00 bits per heavy atom. The predicted octanol–water partition coefficient (Wildman–Crippen LogP) is 2.00. The first-order valence-corrected chi connectivity index (χ1v) is 8.50. The lowest BCUT2D eigenvalue weighted by Crippen LogP contribution is -2.51. The van der Waals surface area contributed by atoms with Crippen LogP contribution in [-0.4, -0.2) is 54.3 Å². The molecule has 0 aliphatic carbocycles. The van der Waals surface area contributed by atoms with Crippen molar-refractivity contribution in [1.82, 2.24) is 15.2 Å². The second-order valence-corrected chi connectivity index (χ2v) is 6.54. The summed E-state index contributed by atoms with van der Waals surface area (Å²) in [6, 6.07) is 4.02. The number of nitrogens with one attached hydrogen (secondary N) is 1. The molecule has 3 heterocycles. The number of morpholine rings is 1. The fourth-order valence-electron chi connectivity index (χ4n) is 3.32. The molecule has 1 N–H and O–H groups in total. The molecule has 1 aromatic rings. The summed E-state index contributed by atoms with van der Waals surface area (Å²) in [6.45, 7) is 7.97. The molecule has 0 saturated carbocycles. The van der Waals surface area contributed by atoms with E-state index in [1.165, 1.54) is 12.8 Å². The van der Waals surface area contributed by atoms with Gasteiger partial charge in [-0.2, -0.15) is 0 Å². The van der Waals surface area contributed by atoms with E-state index >= 15 is 0 Å². The summed E-state index contributed by atoms with van der Waals surface area (Å²) in [4.78, 5) is 20.9. The van der Waals surface area contributed by atoms with Crippen molar-refractivity contribution in [3.8, 4) is 0 Å². The zero-order chi connectivity index (χ0) is 16.2. The summed E-state index contributed by atoms with van der Waals surface area (Å²) >= 11 is 0. The first-order chi connectivity index (χ1) is 11.1. The zero-order valence-corrected chi connectivity index (χ0v) is 14.0. The molecule has 0 aromatic carbocycles. The Balaban J connectivity index is 1.55. The monoisotopic (exact) mass is 318 g/mol. The molecule has 0 spiro atoms. The topological polar surface area (TPSA) is 57.7 Å². The summed E-state index contributed by atoms with van der Waals surface area (Å²) in [5, 5.41) is 3.01. The molecule has 2 aliphatic heterocycles. The molecule has 3 rings (SSSR count). The number of amides is 2. The van der Waals surface area contributed by atoms with Gasteiger partial charge in [0.25, 0.3) is 0 Å². The number of carbonyl (C=O) groups is 1. The molecule has 0 unspecified atom stereocenters. The number of rotatable bonds is 3. The second-order valence-electron chi connectivity index (χ2n) is 6.54. The maximum absolute atomic E-state index is 12.3. The SMILES string of the molecule is C[C@H]1CN(C(=O)NCc2ccnc(N3CCCC3)c2)C[C@H](C)O1. The van der Waals surface area contributed by atoms with Crippen molar-refractivity contribution in [3.05, 3.63) is 23.9 Å². The average molecular weight is 318 g/mol. The molecule has 0 radical (unpaired) electrons.